The van der Waals surface area contributed by atoms with Gasteiger partial charge in [0.2, 0.25) is 0 Å². The Bertz CT molecular complexity index is 637. The third-order valence-corrected chi connectivity index (χ3v) is 4.84. The van der Waals surface area contributed by atoms with Crippen molar-refractivity contribution in [1.29, 1.82) is 0 Å². The van der Waals surface area contributed by atoms with Gasteiger partial charge in [0.25, 0.3) is 0 Å². The van der Waals surface area contributed by atoms with Crippen LogP contribution in [0.1, 0.15) is 21.9 Å². The lowest BCUT2D eigenvalue weighted by atomic mass is 10.0. The quantitative estimate of drug-likeness (QED) is 0.729. The first-order valence-corrected chi connectivity index (χ1v) is 7.64. The lowest BCUT2D eigenvalue weighted by molar-refractivity contribution is 1.15. The Morgan fingerprint density at radius 2 is 1.89 bits per heavy atom. The molecule has 3 rings (SSSR count). The van der Waals surface area contributed by atoms with E-state index in [4.69, 9.17) is 23.8 Å². The van der Waals surface area contributed by atoms with E-state index in [0.717, 1.165) is 15.0 Å². The van der Waals surface area contributed by atoms with Gasteiger partial charge in [-0.2, -0.15) is 0 Å². The zero-order valence-electron chi connectivity index (χ0n) is 10.3. The van der Waals surface area contributed by atoms with Crippen LogP contribution in [0.4, 0.5) is 5.69 Å². The van der Waals surface area contributed by atoms with Crippen LogP contribution in [-0.2, 0) is 0 Å². The maximum absolute atomic E-state index is 6.12. The zero-order chi connectivity index (χ0) is 13.4. The molecule has 19 heavy (non-hydrogen) atoms. The topological polar surface area (TPSA) is 12.0 Å². The number of hydrogen-bond acceptors (Lipinski definition) is 2. The first-order chi connectivity index (χ1) is 9.13. The summed E-state index contributed by atoms with van der Waals surface area (Å²) in [5, 5.41) is 4.20. The van der Waals surface area contributed by atoms with E-state index in [2.05, 4.69) is 36.5 Å². The Morgan fingerprint density at radius 1 is 1.16 bits per heavy atom. The van der Waals surface area contributed by atoms with Crippen molar-refractivity contribution in [2.45, 2.75) is 12.2 Å². The number of benzene rings is 2. The second-order valence-electron chi connectivity index (χ2n) is 4.55. The number of thioether (sulfide) groups is 1. The fraction of sp³-hybridized carbons (Fsp3) is 0.133. The number of hydrogen-bond donors (Lipinski definition) is 1. The van der Waals surface area contributed by atoms with E-state index >= 15 is 0 Å². The van der Waals surface area contributed by atoms with Gasteiger partial charge < -0.3 is 5.32 Å². The molecule has 4 heteroatoms. The average Bonchev–Trinajstić information content (AvgIpc) is 2.39. The Balaban J connectivity index is 2.09. The fourth-order valence-corrected chi connectivity index (χ4v) is 3.74. The summed E-state index contributed by atoms with van der Waals surface area (Å²) in [6.45, 7) is 2.09. The SMILES string of the molecule is Cc1ccc(C2SC(=S)Nc3ccc(Cl)cc32)cc1. The second-order valence-corrected chi connectivity index (χ2v) is 6.77. The van der Waals surface area contributed by atoms with E-state index in [1.54, 1.807) is 11.8 Å². The van der Waals surface area contributed by atoms with Crippen molar-refractivity contribution >= 4 is 45.6 Å². The molecule has 2 aromatic carbocycles. The van der Waals surface area contributed by atoms with Crippen LogP contribution in [0, 0.1) is 6.92 Å². The average molecular weight is 306 g/mol. The molecular weight excluding hydrogens is 294 g/mol. The molecule has 1 heterocycles. The van der Waals surface area contributed by atoms with Gasteiger partial charge in [0.1, 0.15) is 4.32 Å². The highest BCUT2D eigenvalue weighted by Crippen LogP contribution is 2.44. The van der Waals surface area contributed by atoms with Crippen molar-refractivity contribution in [2.75, 3.05) is 5.32 Å². The van der Waals surface area contributed by atoms with E-state index < -0.39 is 0 Å². The monoisotopic (exact) mass is 305 g/mol. The van der Waals surface area contributed by atoms with Gasteiger partial charge in [0.05, 0.1) is 5.25 Å². The predicted molar refractivity (Wildman–Crippen MR) is 88.3 cm³/mol. The minimum absolute atomic E-state index is 0.211. The van der Waals surface area contributed by atoms with Crippen molar-refractivity contribution in [3.05, 3.63) is 64.2 Å². The summed E-state index contributed by atoms with van der Waals surface area (Å²) < 4.78 is 0.806. The maximum Gasteiger partial charge on any atom is 0.139 e. The van der Waals surface area contributed by atoms with E-state index in [1.165, 1.54) is 16.7 Å². The van der Waals surface area contributed by atoms with Gasteiger partial charge in [-0.05, 0) is 36.2 Å². The Kier molecular flexibility index (Phi) is 3.52. The van der Waals surface area contributed by atoms with Crippen molar-refractivity contribution in [2.24, 2.45) is 0 Å². The summed E-state index contributed by atoms with van der Waals surface area (Å²) in [7, 11) is 0. The normalized spacial score (nSPS) is 17.8. The Morgan fingerprint density at radius 3 is 2.63 bits per heavy atom. The molecule has 0 aliphatic carbocycles. The van der Waals surface area contributed by atoms with Crippen molar-refractivity contribution < 1.29 is 0 Å². The standard InChI is InChI=1S/C15H12ClNS2/c1-9-2-4-10(5-3-9)14-12-8-11(16)6-7-13(12)17-15(18)19-14/h2-8,14H,1H3,(H,17,18). The number of fused-ring (bicyclic) bond motifs is 1. The summed E-state index contributed by atoms with van der Waals surface area (Å²) in [4.78, 5) is 0. The number of anilines is 1. The molecule has 0 fully saturated rings. The largest absolute Gasteiger partial charge is 0.341 e. The van der Waals surface area contributed by atoms with Gasteiger partial charge in [0.15, 0.2) is 0 Å². The molecule has 1 aliphatic heterocycles. The summed E-state index contributed by atoms with van der Waals surface area (Å²) in [6, 6.07) is 14.5. The molecular formula is C15H12ClNS2. The highest BCUT2D eigenvalue weighted by Gasteiger charge is 2.25. The molecule has 2 aromatic rings. The molecule has 96 valence electrons. The number of thiocarbonyl (C=S) groups is 1. The van der Waals surface area contributed by atoms with Gasteiger partial charge in [0, 0.05) is 10.7 Å². The number of nitrogens with one attached hydrogen (secondary N) is 1. The van der Waals surface area contributed by atoms with Crippen LogP contribution in [0.2, 0.25) is 5.02 Å². The Hall–Kier alpha value is -1.03. The minimum Gasteiger partial charge on any atom is -0.341 e. The molecule has 1 unspecified atom stereocenters. The second kappa shape index (κ2) is 5.16. The van der Waals surface area contributed by atoms with E-state index in [1.807, 2.05) is 18.2 Å². The molecule has 1 atom stereocenters. The number of aryl methyl sites for hydroxylation is 1. The molecule has 1 nitrogen and oxygen atoms in total. The first-order valence-electron chi connectivity index (χ1n) is 5.97. The third kappa shape index (κ3) is 2.64. The first kappa shape index (κ1) is 13.0. The minimum atomic E-state index is 0.211. The van der Waals surface area contributed by atoms with E-state index in [9.17, 15) is 0 Å². The van der Waals surface area contributed by atoms with Gasteiger partial charge >= 0.3 is 0 Å². The van der Waals surface area contributed by atoms with Crippen LogP contribution in [0.3, 0.4) is 0 Å². The maximum atomic E-state index is 6.12. The predicted octanol–water partition coefficient (Wildman–Crippen LogP) is 5.18. The van der Waals surface area contributed by atoms with E-state index in [0.29, 0.717) is 0 Å². The zero-order valence-corrected chi connectivity index (χ0v) is 12.7. The van der Waals surface area contributed by atoms with E-state index in [-0.39, 0.29) is 5.25 Å². The lowest BCUT2D eigenvalue weighted by Gasteiger charge is -2.27. The van der Waals surface area contributed by atoms with Gasteiger partial charge in [-0.25, -0.2) is 0 Å². The molecule has 0 saturated carbocycles. The smallest absolute Gasteiger partial charge is 0.139 e. The van der Waals surface area contributed by atoms with Crippen LogP contribution in [0.25, 0.3) is 0 Å². The van der Waals surface area contributed by atoms with Crippen LogP contribution >= 0.6 is 35.6 Å². The molecule has 1 aliphatic rings. The molecule has 0 bridgehead atoms. The molecule has 0 saturated heterocycles. The number of rotatable bonds is 1. The number of halogens is 1. The summed E-state index contributed by atoms with van der Waals surface area (Å²) in [5.41, 5.74) is 4.76. The molecule has 0 amide bonds. The van der Waals surface area contributed by atoms with Crippen molar-refractivity contribution in [3.8, 4) is 0 Å². The van der Waals surface area contributed by atoms with Crippen molar-refractivity contribution in [1.82, 2.24) is 0 Å². The lowest BCUT2D eigenvalue weighted by Crippen LogP contribution is -2.16. The fourth-order valence-electron chi connectivity index (χ4n) is 2.16. The molecule has 0 radical (unpaired) electrons. The molecule has 0 aromatic heterocycles. The van der Waals surface area contributed by atoms with Crippen LogP contribution < -0.4 is 5.32 Å². The summed E-state index contributed by atoms with van der Waals surface area (Å²) in [6.07, 6.45) is 0. The highest BCUT2D eigenvalue weighted by atomic mass is 35.5. The highest BCUT2D eigenvalue weighted by molar-refractivity contribution is 8.23. The van der Waals surface area contributed by atoms with Crippen LogP contribution in [0.5, 0.6) is 0 Å². The molecule has 1 N–H and O–H groups in total. The third-order valence-electron chi connectivity index (χ3n) is 3.14. The summed E-state index contributed by atoms with van der Waals surface area (Å²) in [5.74, 6) is 0. The Labute approximate surface area is 127 Å². The van der Waals surface area contributed by atoms with Crippen LogP contribution in [0.15, 0.2) is 42.5 Å². The molecule has 0 spiro atoms. The van der Waals surface area contributed by atoms with Crippen molar-refractivity contribution in [3.63, 3.8) is 0 Å². The summed E-state index contributed by atoms with van der Waals surface area (Å²) >= 11 is 13.1. The van der Waals surface area contributed by atoms with Crippen LogP contribution in [-0.4, -0.2) is 4.32 Å². The van der Waals surface area contributed by atoms with Gasteiger partial charge in [-0.3, -0.25) is 0 Å². The van der Waals surface area contributed by atoms with Gasteiger partial charge in [-0.1, -0.05) is 65.4 Å². The van der Waals surface area contributed by atoms with Gasteiger partial charge in [-0.15, -0.1) is 0 Å².